The number of carbonyl (C=O) groups is 2. The SMILES string of the molecule is CC(C)CCOCCNC(=O)CN1CCC(C(=O)O)C1.Cl. The molecule has 7 heteroatoms. The van der Waals surface area contributed by atoms with Gasteiger partial charge in [-0.25, -0.2) is 0 Å². The Morgan fingerprint density at radius 3 is 2.67 bits per heavy atom. The molecule has 0 aliphatic carbocycles. The van der Waals surface area contributed by atoms with E-state index in [2.05, 4.69) is 19.2 Å². The van der Waals surface area contributed by atoms with Gasteiger partial charge in [0, 0.05) is 19.7 Å². The van der Waals surface area contributed by atoms with Crippen LogP contribution in [0.15, 0.2) is 0 Å². The molecule has 21 heavy (non-hydrogen) atoms. The molecule has 0 aromatic heterocycles. The molecule has 1 amide bonds. The molecule has 2 N–H and O–H groups in total. The zero-order chi connectivity index (χ0) is 15.0. The van der Waals surface area contributed by atoms with Crippen molar-refractivity contribution in [3.8, 4) is 0 Å². The maximum Gasteiger partial charge on any atom is 0.307 e. The first-order valence-corrected chi connectivity index (χ1v) is 7.28. The highest BCUT2D eigenvalue weighted by atomic mass is 35.5. The van der Waals surface area contributed by atoms with Gasteiger partial charge in [-0.15, -0.1) is 12.4 Å². The summed E-state index contributed by atoms with van der Waals surface area (Å²) in [6.45, 7) is 7.46. The molecule has 0 spiro atoms. The Morgan fingerprint density at radius 1 is 1.38 bits per heavy atom. The highest BCUT2D eigenvalue weighted by Gasteiger charge is 2.28. The monoisotopic (exact) mass is 322 g/mol. The molecule has 124 valence electrons. The minimum atomic E-state index is -0.772. The van der Waals surface area contributed by atoms with Crippen molar-refractivity contribution in [2.75, 3.05) is 39.4 Å². The second-order valence-electron chi connectivity index (χ2n) is 5.70. The van der Waals surface area contributed by atoms with E-state index in [1.807, 2.05) is 4.90 Å². The van der Waals surface area contributed by atoms with Crippen LogP contribution in [0.5, 0.6) is 0 Å². The number of rotatable bonds is 9. The van der Waals surface area contributed by atoms with Gasteiger partial charge in [-0.1, -0.05) is 13.8 Å². The number of halogens is 1. The number of aliphatic carboxylic acids is 1. The predicted molar refractivity (Wildman–Crippen MR) is 82.7 cm³/mol. The lowest BCUT2D eigenvalue weighted by Gasteiger charge is -2.14. The Kier molecular flexibility index (Phi) is 10.4. The number of nitrogens with one attached hydrogen (secondary N) is 1. The van der Waals surface area contributed by atoms with E-state index in [-0.39, 0.29) is 30.8 Å². The number of carbonyl (C=O) groups excluding carboxylic acids is 1. The predicted octanol–water partition coefficient (Wildman–Crippen LogP) is 0.994. The Bertz CT molecular complexity index is 326. The van der Waals surface area contributed by atoms with Crippen molar-refractivity contribution in [1.82, 2.24) is 10.2 Å². The molecule has 1 unspecified atom stereocenters. The van der Waals surface area contributed by atoms with Crippen molar-refractivity contribution >= 4 is 24.3 Å². The van der Waals surface area contributed by atoms with Gasteiger partial charge < -0.3 is 15.2 Å². The van der Waals surface area contributed by atoms with Crippen LogP contribution in [0.4, 0.5) is 0 Å². The molecule has 0 radical (unpaired) electrons. The fourth-order valence-electron chi connectivity index (χ4n) is 2.12. The van der Waals surface area contributed by atoms with Gasteiger partial charge in [-0.05, 0) is 25.3 Å². The van der Waals surface area contributed by atoms with E-state index in [0.29, 0.717) is 38.6 Å². The number of carboxylic acids is 1. The van der Waals surface area contributed by atoms with Gasteiger partial charge in [0.05, 0.1) is 19.1 Å². The summed E-state index contributed by atoms with van der Waals surface area (Å²) in [6.07, 6.45) is 1.65. The molecule has 1 fully saturated rings. The Balaban J connectivity index is 0.00000400. The number of carboxylic acid groups (broad SMARTS) is 1. The van der Waals surface area contributed by atoms with Crippen molar-refractivity contribution in [3.05, 3.63) is 0 Å². The van der Waals surface area contributed by atoms with Crippen LogP contribution in [0.2, 0.25) is 0 Å². The largest absolute Gasteiger partial charge is 0.481 e. The van der Waals surface area contributed by atoms with Crippen molar-refractivity contribution in [3.63, 3.8) is 0 Å². The van der Waals surface area contributed by atoms with Gasteiger partial charge in [-0.3, -0.25) is 14.5 Å². The molecule has 0 bridgehead atoms. The fraction of sp³-hybridized carbons (Fsp3) is 0.857. The summed E-state index contributed by atoms with van der Waals surface area (Å²) in [4.78, 5) is 24.4. The quantitative estimate of drug-likeness (QED) is 0.619. The summed E-state index contributed by atoms with van der Waals surface area (Å²) in [5, 5.41) is 11.7. The zero-order valence-corrected chi connectivity index (χ0v) is 13.7. The lowest BCUT2D eigenvalue weighted by atomic mass is 10.1. The number of ether oxygens (including phenoxy) is 1. The summed E-state index contributed by atoms with van der Waals surface area (Å²) >= 11 is 0. The first-order valence-electron chi connectivity index (χ1n) is 7.28. The minimum Gasteiger partial charge on any atom is -0.481 e. The molecular weight excluding hydrogens is 296 g/mol. The van der Waals surface area contributed by atoms with E-state index < -0.39 is 5.97 Å². The summed E-state index contributed by atoms with van der Waals surface area (Å²) in [5.74, 6) is -0.543. The zero-order valence-electron chi connectivity index (χ0n) is 12.8. The molecule has 1 saturated heterocycles. The molecule has 0 aromatic carbocycles. The van der Waals surface area contributed by atoms with Crippen LogP contribution in [-0.2, 0) is 14.3 Å². The Labute approximate surface area is 132 Å². The molecule has 1 atom stereocenters. The second-order valence-corrected chi connectivity index (χ2v) is 5.70. The average Bonchev–Trinajstić information content (AvgIpc) is 2.81. The summed E-state index contributed by atoms with van der Waals surface area (Å²) in [6, 6.07) is 0. The lowest BCUT2D eigenvalue weighted by molar-refractivity contribution is -0.141. The van der Waals surface area contributed by atoms with Gasteiger partial charge in [0.15, 0.2) is 0 Å². The van der Waals surface area contributed by atoms with E-state index in [1.54, 1.807) is 0 Å². The highest BCUT2D eigenvalue weighted by molar-refractivity contribution is 5.85. The normalized spacial score (nSPS) is 18.5. The number of amides is 1. The van der Waals surface area contributed by atoms with Crippen LogP contribution < -0.4 is 5.32 Å². The molecule has 1 heterocycles. The number of hydrogen-bond acceptors (Lipinski definition) is 4. The van der Waals surface area contributed by atoms with Crippen molar-refractivity contribution in [2.24, 2.45) is 11.8 Å². The van der Waals surface area contributed by atoms with Crippen LogP contribution in [0.25, 0.3) is 0 Å². The van der Waals surface area contributed by atoms with Gasteiger partial charge in [0.2, 0.25) is 5.91 Å². The topological polar surface area (TPSA) is 78.9 Å². The molecule has 1 aliphatic rings. The maximum atomic E-state index is 11.7. The van der Waals surface area contributed by atoms with Crippen LogP contribution in [0.1, 0.15) is 26.7 Å². The number of hydrogen-bond donors (Lipinski definition) is 2. The molecular formula is C14H27ClN2O4. The van der Waals surface area contributed by atoms with Crippen LogP contribution >= 0.6 is 12.4 Å². The lowest BCUT2D eigenvalue weighted by Crippen LogP contribution is -2.37. The van der Waals surface area contributed by atoms with Crippen molar-refractivity contribution < 1.29 is 19.4 Å². The van der Waals surface area contributed by atoms with Crippen LogP contribution in [0, 0.1) is 11.8 Å². The smallest absolute Gasteiger partial charge is 0.307 e. The Hall–Kier alpha value is -0.850. The van der Waals surface area contributed by atoms with E-state index in [9.17, 15) is 9.59 Å². The van der Waals surface area contributed by atoms with E-state index >= 15 is 0 Å². The third-order valence-electron chi connectivity index (χ3n) is 3.40. The minimum absolute atomic E-state index is 0. The maximum absolute atomic E-state index is 11.7. The average molecular weight is 323 g/mol. The van der Waals surface area contributed by atoms with Crippen molar-refractivity contribution in [2.45, 2.75) is 26.7 Å². The van der Waals surface area contributed by atoms with Crippen LogP contribution in [-0.4, -0.2) is 61.3 Å². The summed E-state index contributed by atoms with van der Waals surface area (Å²) in [7, 11) is 0. The van der Waals surface area contributed by atoms with E-state index in [0.717, 1.165) is 13.0 Å². The highest BCUT2D eigenvalue weighted by Crippen LogP contribution is 2.15. The van der Waals surface area contributed by atoms with E-state index in [1.165, 1.54) is 0 Å². The van der Waals surface area contributed by atoms with E-state index in [4.69, 9.17) is 9.84 Å². The first-order chi connectivity index (χ1) is 9.49. The third-order valence-corrected chi connectivity index (χ3v) is 3.40. The Morgan fingerprint density at radius 2 is 2.10 bits per heavy atom. The molecule has 0 aromatic rings. The first kappa shape index (κ1) is 20.1. The second kappa shape index (κ2) is 10.8. The molecule has 1 rings (SSSR count). The van der Waals surface area contributed by atoms with Gasteiger partial charge in [0.25, 0.3) is 0 Å². The molecule has 6 nitrogen and oxygen atoms in total. The summed E-state index contributed by atoms with van der Waals surface area (Å²) < 4.78 is 5.41. The number of nitrogens with zero attached hydrogens (tertiary/aromatic N) is 1. The van der Waals surface area contributed by atoms with Crippen LogP contribution in [0.3, 0.4) is 0 Å². The molecule has 0 saturated carbocycles. The number of likely N-dealkylation sites (tertiary alicyclic amines) is 1. The van der Waals surface area contributed by atoms with Gasteiger partial charge in [-0.2, -0.15) is 0 Å². The fourth-order valence-corrected chi connectivity index (χ4v) is 2.12. The summed E-state index contributed by atoms with van der Waals surface area (Å²) in [5.41, 5.74) is 0. The standard InChI is InChI=1S/C14H26N2O4.ClH/c1-11(2)4-7-20-8-5-15-13(17)10-16-6-3-12(9-16)14(18)19;/h11-12H,3-10H2,1-2H3,(H,15,17)(H,18,19);1H. The third kappa shape index (κ3) is 8.90. The van der Waals surface area contributed by atoms with Gasteiger partial charge >= 0.3 is 5.97 Å². The van der Waals surface area contributed by atoms with Crippen molar-refractivity contribution in [1.29, 1.82) is 0 Å². The van der Waals surface area contributed by atoms with Gasteiger partial charge in [0.1, 0.15) is 0 Å². The molecule has 1 aliphatic heterocycles.